The van der Waals surface area contributed by atoms with E-state index in [0.29, 0.717) is 10.8 Å². The first kappa shape index (κ1) is 17.3. The first-order valence-corrected chi connectivity index (χ1v) is 7.60. The summed E-state index contributed by atoms with van der Waals surface area (Å²) in [6.45, 7) is 2.01. The lowest BCUT2D eigenvalue weighted by Gasteiger charge is -2.20. The van der Waals surface area contributed by atoms with Crippen molar-refractivity contribution < 1.29 is 13.2 Å². The lowest BCUT2D eigenvalue weighted by Crippen LogP contribution is -2.32. The van der Waals surface area contributed by atoms with Crippen molar-refractivity contribution >= 4 is 23.0 Å². The van der Waals surface area contributed by atoms with Gasteiger partial charge in [-0.25, -0.2) is 0 Å². The Labute approximate surface area is 138 Å². The van der Waals surface area contributed by atoms with Gasteiger partial charge in [0.2, 0.25) is 0 Å². The van der Waals surface area contributed by atoms with E-state index in [1.165, 1.54) is 6.07 Å². The number of anilines is 1. The van der Waals surface area contributed by atoms with Crippen molar-refractivity contribution in [2.45, 2.75) is 25.6 Å². The molecule has 2 aromatic rings. The van der Waals surface area contributed by atoms with Gasteiger partial charge in [0.25, 0.3) is 0 Å². The van der Waals surface area contributed by atoms with Crippen molar-refractivity contribution in [1.29, 1.82) is 0 Å². The Balaban J connectivity index is 2.04. The van der Waals surface area contributed by atoms with Gasteiger partial charge in [-0.15, -0.1) is 0 Å². The largest absolute Gasteiger partial charge is 0.416 e. The molecule has 0 bridgehead atoms. The normalized spacial score (nSPS) is 12.5. The molecule has 0 fully saturated rings. The molecule has 0 aliphatic carbocycles. The van der Waals surface area contributed by atoms with Crippen LogP contribution in [-0.4, -0.2) is 5.11 Å². The monoisotopic (exact) mass is 338 g/mol. The second kappa shape index (κ2) is 7.46. The van der Waals surface area contributed by atoms with Crippen LogP contribution in [0.3, 0.4) is 0 Å². The van der Waals surface area contributed by atoms with Crippen LogP contribution >= 0.6 is 12.2 Å². The van der Waals surface area contributed by atoms with Crippen molar-refractivity contribution in [3.8, 4) is 0 Å². The molecule has 0 saturated carbocycles. The maximum absolute atomic E-state index is 12.7. The Morgan fingerprint density at radius 1 is 1.09 bits per heavy atom. The number of hydrogen-bond donors (Lipinski definition) is 2. The highest BCUT2D eigenvalue weighted by Crippen LogP contribution is 2.30. The zero-order chi connectivity index (χ0) is 16.9. The molecule has 1 atom stereocenters. The number of nitrogens with one attached hydrogen (secondary N) is 2. The predicted molar refractivity (Wildman–Crippen MR) is 90.3 cm³/mol. The fraction of sp³-hybridized carbons (Fsp3) is 0.235. The van der Waals surface area contributed by atoms with E-state index in [0.717, 1.165) is 24.1 Å². The number of hydrogen-bond acceptors (Lipinski definition) is 1. The van der Waals surface area contributed by atoms with Crippen LogP contribution in [0.1, 0.15) is 30.5 Å². The standard InChI is InChI=1S/C17H17F3N2S/c1-2-15(12-7-4-3-5-8-12)22-16(23)21-14-10-6-9-13(11-14)17(18,19)20/h3-11,15H,2H2,1H3,(H2,21,22,23)/t15-/m1/s1. The fourth-order valence-corrected chi connectivity index (χ4v) is 2.47. The molecule has 0 unspecified atom stereocenters. The van der Waals surface area contributed by atoms with E-state index in [-0.39, 0.29) is 6.04 Å². The number of thiocarbonyl (C=S) groups is 1. The number of alkyl halides is 3. The molecule has 0 amide bonds. The summed E-state index contributed by atoms with van der Waals surface area (Å²) in [6.07, 6.45) is -3.57. The zero-order valence-electron chi connectivity index (χ0n) is 12.5. The molecule has 2 rings (SSSR count). The van der Waals surface area contributed by atoms with Crippen LogP contribution in [0.15, 0.2) is 54.6 Å². The third-order valence-corrected chi connectivity index (χ3v) is 3.58. The zero-order valence-corrected chi connectivity index (χ0v) is 13.3. The van der Waals surface area contributed by atoms with Crippen LogP contribution in [0.4, 0.5) is 18.9 Å². The fourth-order valence-electron chi connectivity index (χ4n) is 2.21. The quantitative estimate of drug-likeness (QED) is 0.755. The summed E-state index contributed by atoms with van der Waals surface area (Å²) >= 11 is 5.21. The topological polar surface area (TPSA) is 24.1 Å². The molecule has 6 heteroatoms. The van der Waals surface area contributed by atoms with Crippen LogP contribution in [-0.2, 0) is 6.18 Å². The Hall–Kier alpha value is -2.08. The summed E-state index contributed by atoms with van der Waals surface area (Å²) in [7, 11) is 0. The van der Waals surface area contributed by atoms with E-state index in [2.05, 4.69) is 10.6 Å². The highest BCUT2D eigenvalue weighted by Gasteiger charge is 2.30. The Kier molecular flexibility index (Phi) is 5.60. The molecule has 2 aromatic carbocycles. The molecule has 0 saturated heterocycles. The number of halogens is 3. The van der Waals surface area contributed by atoms with Gasteiger partial charge in [-0.2, -0.15) is 13.2 Å². The molecule has 2 N–H and O–H groups in total. The summed E-state index contributed by atoms with van der Waals surface area (Å²) in [5.41, 5.74) is 0.670. The van der Waals surface area contributed by atoms with Gasteiger partial charge >= 0.3 is 6.18 Å². The maximum Gasteiger partial charge on any atom is 0.416 e. The third-order valence-electron chi connectivity index (χ3n) is 3.36. The summed E-state index contributed by atoms with van der Waals surface area (Å²) in [4.78, 5) is 0. The molecule has 0 spiro atoms. The maximum atomic E-state index is 12.7. The minimum Gasteiger partial charge on any atom is -0.356 e. The van der Waals surface area contributed by atoms with Gasteiger partial charge in [-0.05, 0) is 42.4 Å². The summed E-state index contributed by atoms with van der Waals surface area (Å²) in [5.74, 6) is 0. The van der Waals surface area contributed by atoms with E-state index in [1.54, 1.807) is 6.07 Å². The minimum atomic E-state index is -4.37. The van der Waals surface area contributed by atoms with Crippen molar-refractivity contribution in [1.82, 2.24) is 5.32 Å². The van der Waals surface area contributed by atoms with Crippen molar-refractivity contribution in [2.75, 3.05) is 5.32 Å². The lowest BCUT2D eigenvalue weighted by molar-refractivity contribution is -0.137. The SMILES string of the molecule is CC[C@@H](NC(=S)Nc1cccc(C(F)(F)F)c1)c1ccccc1. The van der Waals surface area contributed by atoms with Crippen molar-refractivity contribution in [3.05, 3.63) is 65.7 Å². The van der Waals surface area contributed by atoms with Crippen LogP contribution in [0.5, 0.6) is 0 Å². The molecule has 0 heterocycles. The van der Waals surface area contributed by atoms with E-state index in [1.807, 2.05) is 37.3 Å². The van der Waals surface area contributed by atoms with E-state index in [9.17, 15) is 13.2 Å². The Bertz CT molecular complexity index is 656. The van der Waals surface area contributed by atoms with Gasteiger partial charge in [-0.1, -0.05) is 43.3 Å². The molecule has 0 aliphatic rings. The Morgan fingerprint density at radius 3 is 2.39 bits per heavy atom. The van der Waals surface area contributed by atoms with Gasteiger partial charge in [0.15, 0.2) is 5.11 Å². The van der Waals surface area contributed by atoms with Crippen molar-refractivity contribution in [3.63, 3.8) is 0 Å². The van der Waals surface area contributed by atoms with Crippen LogP contribution < -0.4 is 10.6 Å². The second-order valence-electron chi connectivity index (χ2n) is 5.05. The van der Waals surface area contributed by atoms with E-state index >= 15 is 0 Å². The molecule has 2 nitrogen and oxygen atoms in total. The summed E-state index contributed by atoms with van der Waals surface area (Å²) in [5, 5.41) is 6.23. The first-order chi connectivity index (χ1) is 10.9. The molecular weight excluding hydrogens is 321 g/mol. The van der Waals surface area contributed by atoms with Crippen LogP contribution in [0.2, 0.25) is 0 Å². The summed E-state index contributed by atoms with van der Waals surface area (Å²) < 4.78 is 38.1. The molecular formula is C17H17F3N2S. The average Bonchev–Trinajstić information content (AvgIpc) is 2.53. The lowest BCUT2D eigenvalue weighted by atomic mass is 10.1. The molecule has 0 aromatic heterocycles. The molecule has 0 aliphatic heterocycles. The van der Waals surface area contributed by atoms with E-state index < -0.39 is 11.7 Å². The van der Waals surface area contributed by atoms with E-state index in [4.69, 9.17) is 12.2 Å². The minimum absolute atomic E-state index is 0.00185. The third kappa shape index (κ3) is 4.96. The van der Waals surface area contributed by atoms with Gasteiger partial charge in [0.05, 0.1) is 11.6 Å². The number of rotatable bonds is 4. The van der Waals surface area contributed by atoms with Gasteiger partial charge in [0.1, 0.15) is 0 Å². The molecule has 122 valence electrons. The highest BCUT2D eigenvalue weighted by atomic mass is 32.1. The van der Waals surface area contributed by atoms with Gasteiger partial charge in [-0.3, -0.25) is 0 Å². The van der Waals surface area contributed by atoms with Gasteiger partial charge in [0, 0.05) is 5.69 Å². The van der Waals surface area contributed by atoms with Crippen LogP contribution in [0, 0.1) is 0 Å². The molecule has 0 radical (unpaired) electrons. The highest BCUT2D eigenvalue weighted by molar-refractivity contribution is 7.80. The smallest absolute Gasteiger partial charge is 0.356 e. The summed E-state index contributed by atoms with van der Waals surface area (Å²) in [6, 6.07) is 14.7. The second-order valence-corrected chi connectivity index (χ2v) is 5.46. The first-order valence-electron chi connectivity index (χ1n) is 7.20. The van der Waals surface area contributed by atoms with Crippen molar-refractivity contribution in [2.24, 2.45) is 0 Å². The average molecular weight is 338 g/mol. The predicted octanol–water partition coefficient (Wildman–Crippen LogP) is 5.14. The molecule has 23 heavy (non-hydrogen) atoms. The van der Waals surface area contributed by atoms with Crippen LogP contribution in [0.25, 0.3) is 0 Å². The number of benzene rings is 2. The van der Waals surface area contributed by atoms with Gasteiger partial charge < -0.3 is 10.6 Å². The Morgan fingerprint density at radius 2 is 1.78 bits per heavy atom.